The van der Waals surface area contributed by atoms with E-state index in [0.29, 0.717) is 38.3 Å². The molecule has 1 aliphatic heterocycles. The van der Waals surface area contributed by atoms with Crippen LogP contribution in [-0.4, -0.2) is 57.6 Å². The summed E-state index contributed by atoms with van der Waals surface area (Å²) in [5.74, 6) is -2.51. The van der Waals surface area contributed by atoms with E-state index in [4.69, 9.17) is 0 Å². The van der Waals surface area contributed by atoms with Crippen LogP contribution in [0.1, 0.15) is 37.7 Å². The standard InChI is InChI=1S/C24H24F2N4O2/c1-16-12-17(2)30(27-16)15-18-4-3-5-19(13-18)23(31)28-8-10-29(11-9-28)24(32)20-6-7-21(25)22(26)14-20/h3-7,12-14H,8-11,15H2,1-2H3. The number of benzene rings is 2. The second kappa shape index (κ2) is 8.90. The van der Waals surface area contributed by atoms with Crippen LogP contribution in [0.3, 0.4) is 0 Å². The molecule has 0 radical (unpaired) electrons. The largest absolute Gasteiger partial charge is 0.335 e. The Bertz CT molecular complexity index is 1170. The molecule has 0 aliphatic carbocycles. The Hall–Kier alpha value is -3.55. The van der Waals surface area contributed by atoms with Crippen molar-refractivity contribution in [2.45, 2.75) is 20.4 Å². The summed E-state index contributed by atoms with van der Waals surface area (Å²) < 4.78 is 28.5. The highest BCUT2D eigenvalue weighted by atomic mass is 19.2. The van der Waals surface area contributed by atoms with Crippen LogP contribution in [0.2, 0.25) is 0 Å². The smallest absolute Gasteiger partial charge is 0.254 e. The maximum atomic E-state index is 13.5. The van der Waals surface area contributed by atoms with Gasteiger partial charge in [0.25, 0.3) is 11.8 Å². The molecule has 0 unspecified atom stereocenters. The first-order chi connectivity index (χ1) is 15.3. The molecule has 1 aliphatic rings. The predicted molar refractivity (Wildman–Crippen MR) is 115 cm³/mol. The molecule has 2 heterocycles. The molecule has 0 N–H and O–H groups in total. The monoisotopic (exact) mass is 438 g/mol. The first-order valence-corrected chi connectivity index (χ1v) is 10.5. The SMILES string of the molecule is Cc1cc(C)n(Cc2cccc(C(=O)N3CCN(C(=O)c4ccc(F)c(F)c4)CC3)c2)n1. The highest BCUT2D eigenvalue weighted by Crippen LogP contribution is 2.16. The van der Waals surface area contributed by atoms with Crippen LogP contribution in [0.4, 0.5) is 8.78 Å². The quantitative estimate of drug-likeness (QED) is 0.627. The lowest BCUT2D eigenvalue weighted by Gasteiger charge is -2.35. The maximum Gasteiger partial charge on any atom is 0.254 e. The van der Waals surface area contributed by atoms with Crippen LogP contribution < -0.4 is 0 Å². The zero-order chi connectivity index (χ0) is 22.8. The molecule has 4 rings (SSSR count). The number of carbonyl (C=O) groups is 2. The second-order valence-electron chi connectivity index (χ2n) is 8.00. The van der Waals surface area contributed by atoms with Gasteiger partial charge >= 0.3 is 0 Å². The highest BCUT2D eigenvalue weighted by molar-refractivity contribution is 5.96. The van der Waals surface area contributed by atoms with Crippen molar-refractivity contribution in [2.24, 2.45) is 0 Å². The molecular formula is C24H24F2N4O2. The van der Waals surface area contributed by atoms with Crippen LogP contribution in [0, 0.1) is 25.5 Å². The molecule has 0 bridgehead atoms. The highest BCUT2D eigenvalue weighted by Gasteiger charge is 2.26. The summed E-state index contributed by atoms with van der Waals surface area (Å²) in [5.41, 5.74) is 3.67. The van der Waals surface area contributed by atoms with Crippen molar-refractivity contribution in [3.8, 4) is 0 Å². The van der Waals surface area contributed by atoms with Crippen molar-refractivity contribution in [3.63, 3.8) is 0 Å². The zero-order valence-corrected chi connectivity index (χ0v) is 18.0. The van der Waals surface area contributed by atoms with Gasteiger partial charge in [-0.05, 0) is 55.8 Å². The molecular weight excluding hydrogens is 414 g/mol. The number of aryl methyl sites for hydroxylation is 2. The number of halogens is 2. The number of rotatable bonds is 4. The molecule has 32 heavy (non-hydrogen) atoms. The lowest BCUT2D eigenvalue weighted by Crippen LogP contribution is -2.50. The number of carbonyl (C=O) groups excluding carboxylic acids is 2. The van der Waals surface area contributed by atoms with Gasteiger partial charge in [-0.2, -0.15) is 5.10 Å². The van der Waals surface area contributed by atoms with Gasteiger partial charge in [-0.15, -0.1) is 0 Å². The van der Waals surface area contributed by atoms with E-state index in [0.717, 1.165) is 29.1 Å². The third kappa shape index (κ3) is 4.54. The van der Waals surface area contributed by atoms with E-state index in [9.17, 15) is 18.4 Å². The molecule has 2 amide bonds. The molecule has 6 nitrogen and oxygen atoms in total. The third-order valence-corrected chi connectivity index (χ3v) is 5.63. The molecule has 166 valence electrons. The summed E-state index contributed by atoms with van der Waals surface area (Å²) in [6, 6.07) is 12.6. The molecule has 0 spiro atoms. The minimum atomic E-state index is -1.05. The molecule has 2 aromatic carbocycles. The Kier molecular flexibility index (Phi) is 6.03. The third-order valence-electron chi connectivity index (χ3n) is 5.63. The number of hydrogen-bond acceptors (Lipinski definition) is 3. The number of nitrogens with zero attached hydrogens (tertiary/aromatic N) is 4. The van der Waals surface area contributed by atoms with Crippen LogP contribution in [0.5, 0.6) is 0 Å². The van der Waals surface area contributed by atoms with Crippen molar-refractivity contribution >= 4 is 11.8 Å². The Labute approximate surface area is 185 Å². The average molecular weight is 438 g/mol. The second-order valence-corrected chi connectivity index (χ2v) is 8.00. The summed E-state index contributed by atoms with van der Waals surface area (Å²) in [6.45, 7) is 5.92. The topological polar surface area (TPSA) is 58.4 Å². The van der Waals surface area contributed by atoms with Crippen molar-refractivity contribution in [2.75, 3.05) is 26.2 Å². The molecule has 0 atom stereocenters. The van der Waals surface area contributed by atoms with Gasteiger partial charge in [-0.1, -0.05) is 12.1 Å². The van der Waals surface area contributed by atoms with Gasteiger partial charge < -0.3 is 9.80 Å². The number of amides is 2. The minimum absolute atomic E-state index is 0.0971. The lowest BCUT2D eigenvalue weighted by molar-refractivity contribution is 0.0535. The zero-order valence-electron chi connectivity index (χ0n) is 18.0. The van der Waals surface area contributed by atoms with Gasteiger partial charge in [0.15, 0.2) is 11.6 Å². The van der Waals surface area contributed by atoms with Crippen LogP contribution in [0.25, 0.3) is 0 Å². The van der Waals surface area contributed by atoms with Gasteiger partial charge in [0.2, 0.25) is 0 Å². The minimum Gasteiger partial charge on any atom is -0.335 e. The van der Waals surface area contributed by atoms with E-state index >= 15 is 0 Å². The molecule has 3 aromatic rings. The fourth-order valence-corrected chi connectivity index (χ4v) is 3.92. The van der Waals surface area contributed by atoms with E-state index in [2.05, 4.69) is 5.10 Å². The molecule has 8 heteroatoms. The maximum absolute atomic E-state index is 13.5. The van der Waals surface area contributed by atoms with Gasteiger partial charge in [0.05, 0.1) is 12.2 Å². The molecule has 1 saturated heterocycles. The van der Waals surface area contributed by atoms with Crippen molar-refractivity contribution in [3.05, 3.63) is 88.2 Å². The molecule has 0 saturated carbocycles. The van der Waals surface area contributed by atoms with E-state index in [-0.39, 0.29) is 17.4 Å². The van der Waals surface area contributed by atoms with Crippen molar-refractivity contribution in [1.29, 1.82) is 0 Å². The van der Waals surface area contributed by atoms with Crippen LogP contribution in [0.15, 0.2) is 48.5 Å². The number of piperazine rings is 1. The summed E-state index contributed by atoms with van der Waals surface area (Å²) in [6.07, 6.45) is 0. The summed E-state index contributed by atoms with van der Waals surface area (Å²) >= 11 is 0. The van der Waals surface area contributed by atoms with Gasteiger partial charge in [0, 0.05) is 43.0 Å². The normalized spacial score (nSPS) is 14.0. The van der Waals surface area contributed by atoms with E-state index in [1.807, 2.05) is 42.8 Å². The first kappa shape index (κ1) is 21.7. The Morgan fingerprint density at radius 2 is 1.47 bits per heavy atom. The predicted octanol–water partition coefficient (Wildman–Crippen LogP) is 3.42. The Morgan fingerprint density at radius 1 is 0.844 bits per heavy atom. The van der Waals surface area contributed by atoms with E-state index in [1.165, 1.54) is 6.07 Å². The van der Waals surface area contributed by atoms with E-state index < -0.39 is 11.6 Å². The molecule has 1 aromatic heterocycles. The number of aromatic nitrogens is 2. The number of hydrogen-bond donors (Lipinski definition) is 0. The Balaban J connectivity index is 1.39. The first-order valence-electron chi connectivity index (χ1n) is 10.5. The van der Waals surface area contributed by atoms with Gasteiger partial charge in [-0.3, -0.25) is 14.3 Å². The molecule has 1 fully saturated rings. The van der Waals surface area contributed by atoms with Crippen LogP contribution >= 0.6 is 0 Å². The van der Waals surface area contributed by atoms with E-state index in [1.54, 1.807) is 15.9 Å². The van der Waals surface area contributed by atoms with Gasteiger partial charge in [0.1, 0.15) is 0 Å². The summed E-state index contributed by atoms with van der Waals surface area (Å²) in [5, 5.41) is 4.47. The van der Waals surface area contributed by atoms with Gasteiger partial charge in [-0.25, -0.2) is 8.78 Å². The fourth-order valence-electron chi connectivity index (χ4n) is 3.92. The summed E-state index contributed by atoms with van der Waals surface area (Å²) in [7, 11) is 0. The Morgan fingerprint density at radius 3 is 2.03 bits per heavy atom. The fraction of sp³-hybridized carbons (Fsp3) is 0.292. The van der Waals surface area contributed by atoms with Crippen molar-refractivity contribution < 1.29 is 18.4 Å². The van der Waals surface area contributed by atoms with Crippen molar-refractivity contribution in [1.82, 2.24) is 19.6 Å². The summed E-state index contributed by atoms with van der Waals surface area (Å²) in [4.78, 5) is 28.9. The average Bonchev–Trinajstić information content (AvgIpc) is 3.11. The lowest BCUT2D eigenvalue weighted by atomic mass is 10.1. The van der Waals surface area contributed by atoms with Crippen LogP contribution in [-0.2, 0) is 6.54 Å².